The number of rotatable bonds is 3. The van der Waals surface area contributed by atoms with Gasteiger partial charge in [-0.1, -0.05) is 17.7 Å². The van der Waals surface area contributed by atoms with E-state index in [2.05, 4.69) is 15.4 Å². The van der Waals surface area contributed by atoms with Crippen LogP contribution >= 0.6 is 0 Å². The Hall–Kier alpha value is -3.74. The van der Waals surface area contributed by atoms with Gasteiger partial charge < -0.3 is 10.3 Å². The quantitative estimate of drug-likeness (QED) is 0.572. The van der Waals surface area contributed by atoms with Crippen molar-refractivity contribution in [2.24, 2.45) is 0 Å². The number of hydrogen-bond acceptors (Lipinski definition) is 3. The number of halogens is 1. The minimum absolute atomic E-state index is 0.0385. The Labute approximate surface area is 159 Å². The molecule has 2 N–H and O–H groups in total. The van der Waals surface area contributed by atoms with Gasteiger partial charge in [0, 0.05) is 11.9 Å². The van der Waals surface area contributed by atoms with E-state index in [0.717, 1.165) is 11.3 Å². The lowest BCUT2D eigenvalue weighted by atomic mass is 10.1. The topological polar surface area (TPSA) is 79.8 Å². The minimum atomic E-state index is -0.572. The number of amides is 1. The fourth-order valence-corrected chi connectivity index (χ4v) is 3.05. The number of nitrogens with one attached hydrogen (secondary N) is 2. The van der Waals surface area contributed by atoms with Gasteiger partial charge in [0.2, 0.25) is 5.43 Å². The Morgan fingerprint density at radius 2 is 1.75 bits per heavy atom. The molecule has 0 radical (unpaired) electrons. The van der Waals surface area contributed by atoms with Gasteiger partial charge in [0.25, 0.3) is 5.91 Å². The average Bonchev–Trinajstić information content (AvgIpc) is 3.02. The molecule has 28 heavy (non-hydrogen) atoms. The first kappa shape index (κ1) is 17.7. The van der Waals surface area contributed by atoms with Crippen molar-refractivity contribution in [1.29, 1.82) is 0 Å². The van der Waals surface area contributed by atoms with Crippen LogP contribution in [0.3, 0.4) is 0 Å². The summed E-state index contributed by atoms with van der Waals surface area (Å²) < 4.78 is 14.7. The number of anilines is 1. The van der Waals surface area contributed by atoms with Crippen molar-refractivity contribution in [3.8, 4) is 5.69 Å². The summed E-state index contributed by atoms with van der Waals surface area (Å²) in [7, 11) is 0. The van der Waals surface area contributed by atoms with Gasteiger partial charge >= 0.3 is 0 Å². The van der Waals surface area contributed by atoms with E-state index in [1.165, 1.54) is 30.5 Å². The molecular formula is C21H17FN4O2. The standard InChI is InChI=1S/C21H17FN4O2/c1-12-3-9-16(10-4-12)26-20-18(13(2)25-26)19(27)17(11-23-20)21(28)24-15-7-5-14(22)6-8-15/h3-11H,1-2H3,(H,23,27)(H,24,28). The van der Waals surface area contributed by atoms with Crippen molar-refractivity contribution in [2.45, 2.75) is 13.8 Å². The van der Waals surface area contributed by atoms with Crippen LogP contribution in [0.15, 0.2) is 59.5 Å². The van der Waals surface area contributed by atoms with E-state index in [1.807, 2.05) is 31.2 Å². The first-order chi connectivity index (χ1) is 13.4. The molecule has 0 fully saturated rings. The smallest absolute Gasteiger partial charge is 0.261 e. The van der Waals surface area contributed by atoms with Crippen LogP contribution in [-0.4, -0.2) is 20.7 Å². The second-order valence-electron chi connectivity index (χ2n) is 6.55. The molecule has 1 amide bonds. The van der Waals surface area contributed by atoms with Crippen LogP contribution in [0, 0.1) is 19.7 Å². The van der Waals surface area contributed by atoms with Crippen LogP contribution in [0.4, 0.5) is 10.1 Å². The highest BCUT2D eigenvalue weighted by Gasteiger charge is 2.19. The third-order valence-electron chi connectivity index (χ3n) is 4.51. The highest BCUT2D eigenvalue weighted by Crippen LogP contribution is 2.19. The van der Waals surface area contributed by atoms with Crippen molar-refractivity contribution in [2.75, 3.05) is 5.32 Å². The minimum Gasteiger partial charge on any atom is -0.345 e. The number of H-pyrrole nitrogens is 1. The van der Waals surface area contributed by atoms with Crippen molar-refractivity contribution in [3.05, 3.63) is 87.6 Å². The van der Waals surface area contributed by atoms with Gasteiger partial charge in [-0.15, -0.1) is 0 Å². The lowest BCUT2D eigenvalue weighted by Crippen LogP contribution is -2.22. The third-order valence-corrected chi connectivity index (χ3v) is 4.51. The van der Waals surface area contributed by atoms with Gasteiger partial charge in [0.15, 0.2) is 0 Å². The molecule has 4 rings (SSSR count). The molecule has 0 saturated carbocycles. The van der Waals surface area contributed by atoms with Gasteiger partial charge in [-0.2, -0.15) is 5.10 Å². The summed E-state index contributed by atoms with van der Waals surface area (Å²) in [6, 6.07) is 13.1. The Morgan fingerprint density at radius 3 is 2.43 bits per heavy atom. The molecule has 0 atom stereocenters. The molecule has 0 unspecified atom stereocenters. The molecule has 2 aromatic carbocycles. The van der Waals surface area contributed by atoms with E-state index in [1.54, 1.807) is 11.6 Å². The Bertz CT molecular complexity index is 1240. The summed E-state index contributed by atoms with van der Waals surface area (Å²) in [5.41, 5.74) is 2.91. The maximum Gasteiger partial charge on any atom is 0.261 e. The van der Waals surface area contributed by atoms with Crippen molar-refractivity contribution < 1.29 is 9.18 Å². The highest BCUT2D eigenvalue weighted by atomic mass is 19.1. The maximum atomic E-state index is 13.0. The SMILES string of the molecule is Cc1ccc(-n2nc(C)c3c(=O)c(C(=O)Nc4ccc(F)cc4)c[nH]c32)cc1. The van der Waals surface area contributed by atoms with Crippen molar-refractivity contribution in [3.63, 3.8) is 0 Å². The number of carbonyl (C=O) groups is 1. The van der Waals surface area contributed by atoms with Gasteiger partial charge in [-0.3, -0.25) is 9.59 Å². The second-order valence-corrected chi connectivity index (χ2v) is 6.55. The fraction of sp³-hybridized carbons (Fsp3) is 0.0952. The van der Waals surface area contributed by atoms with Crippen LogP contribution in [0.2, 0.25) is 0 Å². The van der Waals surface area contributed by atoms with E-state index in [4.69, 9.17) is 0 Å². The molecular weight excluding hydrogens is 359 g/mol. The van der Waals surface area contributed by atoms with E-state index in [0.29, 0.717) is 22.4 Å². The third kappa shape index (κ3) is 3.07. The zero-order valence-electron chi connectivity index (χ0n) is 15.3. The van der Waals surface area contributed by atoms with Gasteiger partial charge in [-0.25, -0.2) is 9.07 Å². The predicted octanol–water partition coefficient (Wildman–Crippen LogP) is 3.72. The highest BCUT2D eigenvalue weighted by molar-refractivity contribution is 6.05. The number of hydrogen-bond donors (Lipinski definition) is 2. The first-order valence-corrected chi connectivity index (χ1v) is 8.69. The summed E-state index contributed by atoms with van der Waals surface area (Å²) >= 11 is 0. The van der Waals surface area contributed by atoms with Crippen LogP contribution in [-0.2, 0) is 0 Å². The van der Waals surface area contributed by atoms with Gasteiger partial charge in [0.05, 0.1) is 16.8 Å². The Balaban J connectivity index is 1.76. The number of aromatic nitrogens is 3. The molecule has 6 nitrogen and oxygen atoms in total. The van der Waals surface area contributed by atoms with Gasteiger partial charge in [-0.05, 0) is 50.2 Å². The molecule has 0 saturated heterocycles. The van der Waals surface area contributed by atoms with Crippen molar-refractivity contribution in [1.82, 2.24) is 14.8 Å². The molecule has 0 aliphatic heterocycles. The Kier molecular flexibility index (Phi) is 4.27. The van der Waals surface area contributed by atoms with Crippen LogP contribution < -0.4 is 10.7 Å². The zero-order valence-corrected chi connectivity index (χ0v) is 15.3. The van der Waals surface area contributed by atoms with Crippen molar-refractivity contribution >= 4 is 22.6 Å². The number of carbonyl (C=O) groups excluding carboxylic acids is 1. The van der Waals surface area contributed by atoms with Crippen LogP contribution in [0.1, 0.15) is 21.6 Å². The molecule has 140 valence electrons. The molecule has 4 aromatic rings. The number of aromatic amines is 1. The number of aryl methyl sites for hydroxylation is 2. The molecule has 0 aliphatic rings. The number of benzene rings is 2. The Morgan fingerprint density at radius 1 is 1.07 bits per heavy atom. The first-order valence-electron chi connectivity index (χ1n) is 8.69. The van der Waals surface area contributed by atoms with E-state index in [9.17, 15) is 14.0 Å². The summed E-state index contributed by atoms with van der Waals surface area (Å²) in [4.78, 5) is 28.5. The number of pyridine rings is 1. The summed E-state index contributed by atoms with van der Waals surface area (Å²) in [6.07, 6.45) is 1.37. The lowest BCUT2D eigenvalue weighted by molar-refractivity contribution is 0.102. The van der Waals surface area contributed by atoms with Crippen LogP contribution in [0.5, 0.6) is 0 Å². The molecule has 7 heteroatoms. The number of fused-ring (bicyclic) bond motifs is 1. The predicted molar refractivity (Wildman–Crippen MR) is 106 cm³/mol. The van der Waals surface area contributed by atoms with E-state index < -0.39 is 17.2 Å². The number of nitrogens with zero attached hydrogens (tertiary/aromatic N) is 2. The monoisotopic (exact) mass is 376 g/mol. The fourth-order valence-electron chi connectivity index (χ4n) is 3.05. The lowest BCUT2D eigenvalue weighted by Gasteiger charge is -2.06. The van der Waals surface area contributed by atoms with E-state index >= 15 is 0 Å². The van der Waals surface area contributed by atoms with Crippen LogP contribution in [0.25, 0.3) is 16.7 Å². The van der Waals surface area contributed by atoms with E-state index in [-0.39, 0.29) is 5.56 Å². The summed E-state index contributed by atoms with van der Waals surface area (Å²) in [5.74, 6) is -0.978. The maximum absolute atomic E-state index is 13.0. The molecule has 2 heterocycles. The summed E-state index contributed by atoms with van der Waals surface area (Å²) in [5, 5.41) is 7.41. The molecule has 0 spiro atoms. The molecule has 2 aromatic heterocycles. The zero-order chi connectivity index (χ0) is 19.8. The average molecular weight is 376 g/mol. The second kappa shape index (κ2) is 6.77. The normalized spacial score (nSPS) is 11.0. The largest absolute Gasteiger partial charge is 0.345 e. The van der Waals surface area contributed by atoms with Gasteiger partial charge in [0.1, 0.15) is 17.0 Å². The molecule has 0 aliphatic carbocycles. The molecule has 0 bridgehead atoms. The summed E-state index contributed by atoms with van der Waals surface area (Å²) in [6.45, 7) is 3.72.